The molecule has 1 amide bonds. The van der Waals surface area contributed by atoms with Crippen molar-refractivity contribution in [2.45, 2.75) is 13.8 Å². The number of hydrogen-bond acceptors (Lipinski definition) is 1. The molecule has 0 bridgehead atoms. The fourth-order valence-electron chi connectivity index (χ4n) is 2.06. The van der Waals surface area contributed by atoms with Gasteiger partial charge in [0.15, 0.2) is 0 Å². The number of para-hydroxylation sites is 1. The van der Waals surface area contributed by atoms with Crippen molar-refractivity contribution in [3.05, 3.63) is 35.9 Å². The highest BCUT2D eigenvalue weighted by Gasteiger charge is 2.22. The van der Waals surface area contributed by atoms with Crippen molar-refractivity contribution in [2.24, 2.45) is 5.92 Å². The van der Waals surface area contributed by atoms with E-state index in [0.717, 1.165) is 11.3 Å². The number of hydrogen-bond donors (Lipinski definition) is 0. The highest BCUT2D eigenvalue weighted by Crippen LogP contribution is 2.31. The van der Waals surface area contributed by atoms with Crippen LogP contribution in [0.2, 0.25) is 0 Å². The van der Waals surface area contributed by atoms with Gasteiger partial charge in [0.25, 0.3) is 0 Å². The van der Waals surface area contributed by atoms with Crippen LogP contribution in [0.1, 0.15) is 19.4 Å². The van der Waals surface area contributed by atoms with Gasteiger partial charge in [0.1, 0.15) is 0 Å². The molecule has 1 aromatic carbocycles. The van der Waals surface area contributed by atoms with Gasteiger partial charge in [-0.2, -0.15) is 0 Å². The second-order valence-corrected chi connectivity index (χ2v) is 4.05. The van der Waals surface area contributed by atoms with Crippen molar-refractivity contribution in [3.63, 3.8) is 0 Å². The molecule has 15 heavy (non-hydrogen) atoms. The monoisotopic (exact) mass is 201 g/mol. The maximum atomic E-state index is 11.9. The van der Waals surface area contributed by atoms with E-state index in [0.29, 0.717) is 0 Å². The molecule has 2 rings (SSSR count). The van der Waals surface area contributed by atoms with Crippen molar-refractivity contribution >= 4 is 17.2 Å². The van der Waals surface area contributed by atoms with Gasteiger partial charge in [0.05, 0.1) is 11.6 Å². The minimum absolute atomic E-state index is 0.0394. The van der Waals surface area contributed by atoms with E-state index in [4.69, 9.17) is 0 Å². The van der Waals surface area contributed by atoms with Crippen LogP contribution in [0.4, 0.5) is 5.69 Å². The van der Waals surface area contributed by atoms with Gasteiger partial charge in [-0.1, -0.05) is 31.2 Å². The van der Waals surface area contributed by atoms with Crippen LogP contribution in [0.5, 0.6) is 0 Å². The average Bonchev–Trinajstić information content (AvgIpc) is 2.33. The number of carbonyl (C=O) groups is 1. The Bertz CT molecular complexity index is 434. The minimum Gasteiger partial charge on any atom is -0.314 e. The normalized spacial score (nSPS) is 20.7. The number of fused-ring (bicyclic) bond motifs is 1. The Morgan fingerprint density at radius 3 is 2.67 bits per heavy atom. The van der Waals surface area contributed by atoms with E-state index < -0.39 is 0 Å². The molecule has 2 heteroatoms. The molecule has 0 aromatic heterocycles. The Morgan fingerprint density at radius 2 is 1.93 bits per heavy atom. The summed E-state index contributed by atoms with van der Waals surface area (Å²) in [5.41, 5.74) is 3.33. The van der Waals surface area contributed by atoms with E-state index in [1.54, 1.807) is 4.90 Å². The Morgan fingerprint density at radius 1 is 1.27 bits per heavy atom. The molecule has 1 heterocycles. The Labute approximate surface area is 90.2 Å². The number of carbonyl (C=O) groups excluding carboxylic acids is 1. The van der Waals surface area contributed by atoms with Gasteiger partial charge in [0.2, 0.25) is 5.91 Å². The van der Waals surface area contributed by atoms with Gasteiger partial charge in [-0.15, -0.1) is 0 Å². The summed E-state index contributed by atoms with van der Waals surface area (Å²) in [6, 6.07) is 8.02. The molecule has 78 valence electrons. The third-order valence-electron chi connectivity index (χ3n) is 2.91. The second-order valence-electron chi connectivity index (χ2n) is 4.05. The SMILES string of the molecule is CC1=CC(C)C(=O)N(C)c2ccccc21. The van der Waals surface area contributed by atoms with Crippen molar-refractivity contribution in [1.82, 2.24) is 0 Å². The van der Waals surface area contributed by atoms with E-state index in [-0.39, 0.29) is 11.8 Å². The summed E-state index contributed by atoms with van der Waals surface area (Å²) in [7, 11) is 1.84. The van der Waals surface area contributed by atoms with E-state index in [1.165, 1.54) is 5.57 Å². The zero-order valence-corrected chi connectivity index (χ0v) is 9.32. The van der Waals surface area contributed by atoms with E-state index in [2.05, 4.69) is 13.0 Å². The fourth-order valence-corrected chi connectivity index (χ4v) is 2.06. The number of amides is 1. The number of allylic oxidation sites excluding steroid dienone is 1. The highest BCUT2D eigenvalue weighted by atomic mass is 16.2. The van der Waals surface area contributed by atoms with E-state index in [1.807, 2.05) is 38.2 Å². The average molecular weight is 201 g/mol. The van der Waals surface area contributed by atoms with Crippen LogP contribution < -0.4 is 4.90 Å². The predicted molar refractivity (Wildman–Crippen MR) is 62.7 cm³/mol. The van der Waals surface area contributed by atoms with Gasteiger partial charge in [0, 0.05) is 12.6 Å². The fraction of sp³-hybridized carbons (Fsp3) is 0.308. The standard InChI is InChI=1S/C13H15NO/c1-9-8-10(2)13(15)14(3)12-7-5-4-6-11(9)12/h4-8,10H,1-3H3. The van der Waals surface area contributed by atoms with Crippen molar-refractivity contribution < 1.29 is 4.79 Å². The molecular weight excluding hydrogens is 186 g/mol. The summed E-state index contributed by atoms with van der Waals surface area (Å²) < 4.78 is 0. The van der Waals surface area contributed by atoms with Crippen molar-refractivity contribution in [2.75, 3.05) is 11.9 Å². The largest absolute Gasteiger partial charge is 0.314 e. The number of rotatable bonds is 0. The smallest absolute Gasteiger partial charge is 0.233 e. The maximum Gasteiger partial charge on any atom is 0.233 e. The van der Waals surface area contributed by atoms with Crippen LogP contribution >= 0.6 is 0 Å². The second kappa shape index (κ2) is 3.54. The molecule has 2 nitrogen and oxygen atoms in total. The molecule has 1 aromatic rings. The first-order chi connectivity index (χ1) is 7.11. The topological polar surface area (TPSA) is 20.3 Å². The summed E-state index contributed by atoms with van der Waals surface area (Å²) in [4.78, 5) is 13.7. The first-order valence-electron chi connectivity index (χ1n) is 5.16. The molecule has 1 unspecified atom stereocenters. The number of anilines is 1. The molecular formula is C13H15NO. The lowest BCUT2D eigenvalue weighted by molar-refractivity contribution is -0.120. The van der Waals surface area contributed by atoms with Gasteiger partial charge < -0.3 is 4.90 Å². The van der Waals surface area contributed by atoms with Crippen molar-refractivity contribution in [1.29, 1.82) is 0 Å². The highest BCUT2D eigenvalue weighted by molar-refractivity contribution is 6.00. The third kappa shape index (κ3) is 1.56. The predicted octanol–water partition coefficient (Wildman–Crippen LogP) is 2.70. The third-order valence-corrected chi connectivity index (χ3v) is 2.91. The van der Waals surface area contributed by atoms with Crippen LogP contribution in [-0.2, 0) is 4.79 Å². The molecule has 0 N–H and O–H groups in total. The lowest BCUT2D eigenvalue weighted by atomic mass is 10.0. The lowest BCUT2D eigenvalue weighted by Crippen LogP contribution is -2.30. The van der Waals surface area contributed by atoms with Gasteiger partial charge in [-0.05, 0) is 18.6 Å². The molecule has 0 spiro atoms. The van der Waals surface area contributed by atoms with Crippen LogP contribution in [-0.4, -0.2) is 13.0 Å². The maximum absolute atomic E-state index is 11.9. The zero-order chi connectivity index (χ0) is 11.0. The Balaban J connectivity index is 2.63. The molecule has 0 saturated carbocycles. The van der Waals surface area contributed by atoms with Crippen LogP contribution in [0, 0.1) is 5.92 Å². The first-order valence-corrected chi connectivity index (χ1v) is 5.16. The minimum atomic E-state index is -0.0394. The molecule has 1 aliphatic heterocycles. The van der Waals surface area contributed by atoms with Gasteiger partial charge in [-0.3, -0.25) is 4.79 Å². The molecule has 1 aliphatic rings. The van der Waals surface area contributed by atoms with Crippen molar-refractivity contribution in [3.8, 4) is 0 Å². The summed E-state index contributed by atoms with van der Waals surface area (Å²) in [5.74, 6) is 0.113. The molecule has 0 radical (unpaired) electrons. The Hall–Kier alpha value is -1.57. The summed E-state index contributed by atoms with van der Waals surface area (Å²) in [6.45, 7) is 4.00. The molecule has 1 atom stereocenters. The summed E-state index contributed by atoms with van der Waals surface area (Å²) >= 11 is 0. The van der Waals surface area contributed by atoms with E-state index in [9.17, 15) is 4.79 Å². The summed E-state index contributed by atoms with van der Waals surface area (Å²) in [5, 5.41) is 0. The van der Waals surface area contributed by atoms with Crippen LogP contribution in [0.15, 0.2) is 30.3 Å². The quantitative estimate of drug-likeness (QED) is 0.632. The molecule has 0 saturated heterocycles. The summed E-state index contributed by atoms with van der Waals surface area (Å²) in [6.07, 6.45) is 2.03. The molecule has 0 aliphatic carbocycles. The first kappa shape index (κ1) is 9.97. The number of nitrogens with zero attached hydrogens (tertiary/aromatic N) is 1. The lowest BCUT2D eigenvalue weighted by Gasteiger charge is -2.19. The van der Waals surface area contributed by atoms with Crippen LogP contribution in [0.3, 0.4) is 0 Å². The number of benzene rings is 1. The zero-order valence-electron chi connectivity index (χ0n) is 9.32. The molecule has 0 fully saturated rings. The Kier molecular flexibility index (Phi) is 2.35. The van der Waals surface area contributed by atoms with Gasteiger partial charge >= 0.3 is 0 Å². The van der Waals surface area contributed by atoms with E-state index >= 15 is 0 Å². The van der Waals surface area contributed by atoms with Crippen LogP contribution in [0.25, 0.3) is 5.57 Å². The van der Waals surface area contributed by atoms with Gasteiger partial charge in [-0.25, -0.2) is 0 Å².